The van der Waals surface area contributed by atoms with Gasteiger partial charge in [0.05, 0.1) is 0 Å². The second kappa shape index (κ2) is 6.78. The summed E-state index contributed by atoms with van der Waals surface area (Å²) in [5.74, 6) is 0.684. The van der Waals surface area contributed by atoms with E-state index in [1.165, 1.54) is 18.5 Å². The standard InChI is InChI=1S/C18H29FN2/c1-6-20-15(5)16-11-17(19)13(3)10-18(16)21-8-7-12(2)9-14(21)4/h10-12,14-15,20H,6-9H2,1-5H3. The Morgan fingerprint density at radius 2 is 2.10 bits per heavy atom. The van der Waals surface area contributed by atoms with Crippen LogP contribution >= 0.6 is 0 Å². The molecule has 1 N–H and O–H groups in total. The van der Waals surface area contributed by atoms with Gasteiger partial charge in [-0.3, -0.25) is 0 Å². The predicted molar refractivity (Wildman–Crippen MR) is 88.4 cm³/mol. The fourth-order valence-corrected chi connectivity index (χ4v) is 3.46. The Morgan fingerprint density at radius 3 is 2.71 bits per heavy atom. The molecule has 0 spiro atoms. The number of aryl methyl sites for hydroxylation is 1. The van der Waals surface area contributed by atoms with Crippen molar-refractivity contribution in [3.05, 3.63) is 29.1 Å². The van der Waals surface area contributed by atoms with Crippen molar-refractivity contribution in [2.45, 2.75) is 59.5 Å². The monoisotopic (exact) mass is 292 g/mol. The van der Waals surface area contributed by atoms with Gasteiger partial charge in [0.15, 0.2) is 0 Å². The highest BCUT2D eigenvalue weighted by molar-refractivity contribution is 5.58. The summed E-state index contributed by atoms with van der Waals surface area (Å²) in [6.07, 6.45) is 2.43. The van der Waals surface area contributed by atoms with Gasteiger partial charge in [-0.05, 0) is 69.3 Å². The van der Waals surface area contributed by atoms with Crippen LogP contribution in [0.25, 0.3) is 0 Å². The molecule has 3 heteroatoms. The molecular formula is C18H29FN2. The van der Waals surface area contributed by atoms with Gasteiger partial charge in [-0.25, -0.2) is 4.39 Å². The highest BCUT2D eigenvalue weighted by Crippen LogP contribution is 2.34. The molecule has 1 aromatic carbocycles. The lowest BCUT2D eigenvalue weighted by molar-refractivity contribution is 0.376. The topological polar surface area (TPSA) is 15.3 Å². The summed E-state index contributed by atoms with van der Waals surface area (Å²) in [5.41, 5.74) is 3.03. The molecular weight excluding hydrogens is 263 g/mol. The van der Waals surface area contributed by atoms with Gasteiger partial charge in [-0.1, -0.05) is 13.8 Å². The van der Waals surface area contributed by atoms with Gasteiger partial charge in [-0.2, -0.15) is 0 Å². The summed E-state index contributed by atoms with van der Waals surface area (Å²) < 4.78 is 14.0. The first kappa shape index (κ1) is 16.3. The van der Waals surface area contributed by atoms with Crippen molar-refractivity contribution in [1.29, 1.82) is 0 Å². The van der Waals surface area contributed by atoms with E-state index in [1.54, 1.807) is 6.07 Å². The molecule has 1 heterocycles. The molecule has 3 atom stereocenters. The maximum atomic E-state index is 14.0. The molecule has 3 unspecified atom stereocenters. The zero-order chi connectivity index (χ0) is 15.6. The number of hydrogen-bond donors (Lipinski definition) is 1. The van der Waals surface area contributed by atoms with Crippen LogP contribution in [-0.4, -0.2) is 19.1 Å². The van der Waals surface area contributed by atoms with E-state index in [1.807, 2.05) is 13.0 Å². The molecule has 0 bridgehead atoms. The van der Waals surface area contributed by atoms with Crippen LogP contribution < -0.4 is 10.2 Å². The summed E-state index contributed by atoms with van der Waals surface area (Å²) in [4.78, 5) is 2.47. The molecule has 21 heavy (non-hydrogen) atoms. The summed E-state index contributed by atoms with van der Waals surface area (Å²) in [6.45, 7) is 12.6. The van der Waals surface area contributed by atoms with E-state index < -0.39 is 0 Å². The first-order valence-corrected chi connectivity index (χ1v) is 8.24. The highest BCUT2D eigenvalue weighted by Gasteiger charge is 2.26. The lowest BCUT2D eigenvalue weighted by Gasteiger charge is -2.40. The molecule has 0 aliphatic carbocycles. The number of benzene rings is 1. The summed E-state index contributed by atoms with van der Waals surface area (Å²) in [7, 11) is 0. The zero-order valence-corrected chi connectivity index (χ0v) is 14.0. The Kier molecular flexibility index (Phi) is 5.26. The van der Waals surface area contributed by atoms with Crippen LogP contribution in [0.2, 0.25) is 0 Å². The molecule has 0 amide bonds. The minimum Gasteiger partial charge on any atom is -0.369 e. The third-order valence-electron chi connectivity index (χ3n) is 4.73. The molecule has 1 aromatic rings. The Labute approximate surface area is 128 Å². The molecule has 0 radical (unpaired) electrons. The Bertz CT molecular complexity index is 486. The van der Waals surface area contributed by atoms with Crippen LogP contribution in [0.3, 0.4) is 0 Å². The van der Waals surface area contributed by atoms with Crippen molar-refractivity contribution in [3.8, 4) is 0 Å². The fourth-order valence-electron chi connectivity index (χ4n) is 3.46. The zero-order valence-electron chi connectivity index (χ0n) is 14.0. The number of anilines is 1. The second-order valence-electron chi connectivity index (χ2n) is 6.61. The maximum Gasteiger partial charge on any atom is 0.126 e. The third-order valence-corrected chi connectivity index (χ3v) is 4.73. The van der Waals surface area contributed by atoms with E-state index in [9.17, 15) is 4.39 Å². The van der Waals surface area contributed by atoms with E-state index in [0.717, 1.165) is 30.1 Å². The lowest BCUT2D eigenvalue weighted by Crippen LogP contribution is -2.41. The predicted octanol–water partition coefficient (Wildman–Crippen LogP) is 4.43. The van der Waals surface area contributed by atoms with E-state index in [0.29, 0.717) is 6.04 Å². The van der Waals surface area contributed by atoms with Crippen LogP contribution in [0.1, 0.15) is 57.7 Å². The fraction of sp³-hybridized carbons (Fsp3) is 0.667. The Balaban J connectivity index is 2.38. The molecule has 1 aliphatic heterocycles. The summed E-state index contributed by atoms with van der Waals surface area (Å²) in [5, 5.41) is 3.42. The first-order valence-electron chi connectivity index (χ1n) is 8.24. The highest BCUT2D eigenvalue weighted by atomic mass is 19.1. The molecule has 1 saturated heterocycles. The van der Waals surface area contributed by atoms with Crippen LogP contribution in [0.5, 0.6) is 0 Å². The molecule has 1 aliphatic rings. The van der Waals surface area contributed by atoms with Crippen molar-refractivity contribution in [1.82, 2.24) is 5.32 Å². The van der Waals surface area contributed by atoms with E-state index >= 15 is 0 Å². The lowest BCUT2D eigenvalue weighted by atomic mass is 9.91. The van der Waals surface area contributed by atoms with E-state index in [4.69, 9.17) is 0 Å². The minimum absolute atomic E-state index is 0.100. The van der Waals surface area contributed by atoms with Gasteiger partial charge in [0.2, 0.25) is 0 Å². The number of halogens is 1. The molecule has 0 aromatic heterocycles. The van der Waals surface area contributed by atoms with Crippen LogP contribution in [0.4, 0.5) is 10.1 Å². The molecule has 2 nitrogen and oxygen atoms in total. The van der Waals surface area contributed by atoms with E-state index in [2.05, 4.69) is 37.9 Å². The Hall–Kier alpha value is -1.09. The van der Waals surface area contributed by atoms with Crippen molar-refractivity contribution >= 4 is 5.69 Å². The number of piperidine rings is 1. The molecule has 2 rings (SSSR count). The van der Waals surface area contributed by atoms with Crippen molar-refractivity contribution in [2.24, 2.45) is 5.92 Å². The SMILES string of the molecule is CCNC(C)c1cc(F)c(C)cc1N1CCC(C)CC1C. The maximum absolute atomic E-state index is 14.0. The Morgan fingerprint density at radius 1 is 1.38 bits per heavy atom. The average Bonchev–Trinajstić information content (AvgIpc) is 2.42. The summed E-state index contributed by atoms with van der Waals surface area (Å²) >= 11 is 0. The minimum atomic E-state index is -0.100. The molecule has 118 valence electrons. The quantitative estimate of drug-likeness (QED) is 0.883. The van der Waals surface area contributed by atoms with Crippen molar-refractivity contribution < 1.29 is 4.39 Å². The first-order chi connectivity index (χ1) is 9.93. The average molecular weight is 292 g/mol. The van der Waals surface area contributed by atoms with Gasteiger partial charge in [0, 0.05) is 24.3 Å². The second-order valence-corrected chi connectivity index (χ2v) is 6.61. The van der Waals surface area contributed by atoms with Crippen LogP contribution in [0.15, 0.2) is 12.1 Å². The third kappa shape index (κ3) is 3.57. The number of rotatable bonds is 4. The van der Waals surface area contributed by atoms with Crippen molar-refractivity contribution in [3.63, 3.8) is 0 Å². The van der Waals surface area contributed by atoms with Gasteiger partial charge in [-0.15, -0.1) is 0 Å². The number of hydrogen-bond acceptors (Lipinski definition) is 2. The number of nitrogens with one attached hydrogen (secondary N) is 1. The smallest absolute Gasteiger partial charge is 0.126 e. The molecule has 1 fully saturated rings. The molecule has 0 saturated carbocycles. The van der Waals surface area contributed by atoms with Gasteiger partial charge >= 0.3 is 0 Å². The summed E-state index contributed by atoms with van der Waals surface area (Å²) in [6, 6.07) is 4.45. The van der Waals surface area contributed by atoms with Gasteiger partial charge in [0.25, 0.3) is 0 Å². The van der Waals surface area contributed by atoms with Crippen LogP contribution in [0, 0.1) is 18.7 Å². The van der Waals surface area contributed by atoms with E-state index in [-0.39, 0.29) is 11.9 Å². The normalized spacial score (nSPS) is 24.2. The van der Waals surface area contributed by atoms with Gasteiger partial charge < -0.3 is 10.2 Å². The van der Waals surface area contributed by atoms with Crippen molar-refractivity contribution in [2.75, 3.05) is 18.0 Å². The van der Waals surface area contributed by atoms with Gasteiger partial charge in [0.1, 0.15) is 5.82 Å². The number of nitrogens with zero attached hydrogens (tertiary/aromatic N) is 1. The largest absolute Gasteiger partial charge is 0.369 e. The van der Waals surface area contributed by atoms with Crippen LogP contribution in [-0.2, 0) is 0 Å².